The van der Waals surface area contributed by atoms with E-state index < -0.39 is 0 Å². The first kappa shape index (κ1) is 19.2. The number of H-pyrrole nitrogens is 1. The first-order chi connectivity index (χ1) is 14.2. The van der Waals surface area contributed by atoms with E-state index in [4.69, 9.17) is 4.74 Å². The van der Waals surface area contributed by atoms with Gasteiger partial charge in [-0.05, 0) is 42.5 Å². The lowest BCUT2D eigenvalue weighted by Crippen LogP contribution is -2.30. The first-order valence-corrected chi connectivity index (χ1v) is 10.2. The lowest BCUT2D eigenvalue weighted by atomic mass is 9.84. The fourth-order valence-electron chi connectivity index (χ4n) is 3.98. The number of amides is 1. The van der Waals surface area contributed by atoms with Gasteiger partial charge in [0.2, 0.25) is 0 Å². The molecule has 0 atom stereocenters. The summed E-state index contributed by atoms with van der Waals surface area (Å²) in [5, 5.41) is 10.1. The van der Waals surface area contributed by atoms with Crippen molar-refractivity contribution in [1.82, 2.24) is 15.5 Å². The maximum Gasteiger partial charge on any atom is 0.272 e. The SMILES string of the molecule is O=C(NCCOc1ccc(C2CCCCC2)cc1)c1n[nH]c(=O)c2ccccc12. The molecule has 6 nitrogen and oxygen atoms in total. The van der Waals surface area contributed by atoms with E-state index >= 15 is 0 Å². The number of benzene rings is 2. The Morgan fingerprint density at radius 3 is 2.52 bits per heavy atom. The largest absolute Gasteiger partial charge is 0.492 e. The number of fused-ring (bicyclic) bond motifs is 1. The summed E-state index contributed by atoms with van der Waals surface area (Å²) in [6.07, 6.45) is 6.55. The fourth-order valence-corrected chi connectivity index (χ4v) is 3.98. The van der Waals surface area contributed by atoms with Crippen molar-refractivity contribution in [2.75, 3.05) is 13.2 Å². The quantitative estimate of drug-likeness (QED) is 0.627. The van der Waals surface area contributed by atoms with Crippen molar-refractivity contribution in [3.05, 3.63) is 70.1 Å². The van der Waals surface area contributed by atoms with Crippen molar-refractivity contribution in [2.45, 2.75) is 38.0 Å². The smallest absolute Gasteiger partial charge is 0.272 e. The molecule has 0 spiro atoms. The van der Waals surface area contributed by atoms with Crippen LogP contribution in [-0.4, -0.2) is 29.3 Å². The summed E-state index contributed by atoms with van der Waals surface area (Å²) in [5.41, 5.74) is 1.29. The molecule has 3 aromatic rings. The summed E-state index contributed by atoms with van der Waals surface area (Å²) in [5.74, 6) is 1.14. The normalized spacial score (nSPS) is 14.6. The van der Waals surface area contributed by atoms with E-state index in [0.717, 1.165) is 5.75 Å². The number of hydrogen-bond acceptors (Lipinski definition) is 4. The molecule has 0 unspecified atom stereocenters. The Balaban J connectivity index is 1.30. The summed E-state index contributed by atoms with van der Waals surface area (Å²) in [6.45, 7) is 0.703. The molecule has 1 saturated carbocycles. The number of rotatable bonds is 6. The number of carbonyl (C=O) groups excluding carboxylic acids is 1. The van der Waals surface area contributed by atoms with Crippen LogP contribution in [0.25, 0.3) is 10.8 Å². The van der Waals surface area contributed by atoms with Crippen LogP contribution in [0.2, 0.25) is 0 Å². The molecule has 0 radical (unpaired) electrons. The van der Waals surface area contributed by atoms with Crippen LogP contribution < -0.4 is 15.6 Å². The lowest BCUT2D eigenvalue weighted by Gasteiger charge is -2.22. The van der Waals surface area contributed by atoms with Crippen molar-refractivity contribution in [1.29, 1.82) is 0 Å². The Bertz CT molecular complexity index is 1040. The maximum absolute atomic E-state index is 12.4. The second kappa shape index (κ2) is 8.90. The van der Waals surface area contributed by atoms with Crippen LogP contribution in [0.15, 0.2) is 53.3 Å². The highest BCUT2D eigenvalue weighted by molar-refractivity contribution is 6.04. The molecule has 2 aromatic carbocycles. The average molecular weight is 391 g/mol. The van der Waals surface area contributed by atoms with Crippen LogP contribution in [0.4, 0.5) is 0 Å². The van der Waals surface area contributed by atoms with Gasteiger partial charge in [0.25, 0.3) is 11.5 Å². The van der Waals surface area contributed by atoms with Crippen LogP contribution >= 0.6 is 0 Å². The van der Waals surface area contributed by atoms with Gasteiger partial charge in [-0.15, -0.1) is 0 Å². The second-order valence-corrected chi connectivity index (χ2v) is 7.46. The Morgan fingerprint density at radius 1 is 1.03 bits per heavy atom. The van der Waals surface area contributed by atoms with Gasteiger partial charge in [-0.2, -0.15) is 5.10 Å². The van der Waals surface area contributed by atoms with E-state index in [-0.39, 0.29) is 17.2 Å². The van der Waals surface area contributed by atoms with Crippen molar-refractivity contribution in [3.63, 3.8) is 0 Å². The minimum atomic E-state index is -0.339. The Kier molecular flexibility index (Phi) is 5.89. The zero-order valence-corrected chi connectivity index (χ0v) is 16.3. The second-order valence-electron chi connectivity index (χ2n) is 7.46. The number of aromatic amines is 1. The van der Waals surface area contributed by atoms with E-state index in [0.29, 0.717) is 29.8 Å². The first-order valence-electron chi connectivity index (χ1n) is 10.2. The van der Waals surface area contributed by atoms with Gasteiger partial charge in [0, 0.05) is 5.39 Å². The maximum atomic E-state index is 12.4. The Labute approximate surface area is 169 Å². The zero-order chi connectivity index (χ0) is 20.1. The molecule has 29 heavy (non-hydrogen) atoms. The molecule has 2 N–H and O–H groups in total. The number of nitrogens with one attached hydrogen (secondary N) is 2. The van der Waals surface area contributed by atoms with Crippen molar-refractivity contribution in [3.8, 4) is 5.75 Å². The van der Waals surface area contributed by atoms with E-state index in [1.807, 2.05) is 12.1 Å². The summed E-state index contributed by atoms with van der Waals surface area (Å²) in [6, 6.07) is 15.2. The van der Waals surface area contributed by atoms with Gasteiger partial charge in [-0.3, -0.25) is 9.59 Å². The molecule has 0 aliphatic heterocycles. The topological polar surface area (TPSA) is 84.1 Å². The number of carbonyl (C=O) groups is 1. The minimum absolute atomic E-state index is 0.206. The molecule has 1 heterocycles. The van der Waals surface area contributed by atoms with Gasteiger partial charge < -0.3 is 10.1 Å². The highest BCUT2D eigenvalue weighted by atomic mass is 16.5. The van der Waals surface area contributed by atoms with Crippen LogP contribution in [0, 0.1) is 0 Å². The van der Waals surface area contributed by atoms with E-state index in [9.17, 15) is 9.59 Å². The standard InChI is InChI=1S/C23H25N3O3/c27-22-20-9-5-4-8-19(20)21(25-26-22)23(28)24-14-15-29-18-12-10-17(11-13-18)16-6-2-1-3-7-16/h4-5,8-13,16H,1-3,6-7,14-15H2,(H,24,28)(H,26,27). The molecule has 150 valence electrons. The summed E-state index contributed by atoms with van der Waals surface area (Å²) < 4.78 is 5.75. The number of hydrogen-bond donors (Lipinski definition) is 2. The molecule has 1 aliphatic carbocycles. The summed E-state index contributed by atoms with van der Waals surface area (Å²) in [7, 11) is 0. The molecule has 0 saturated heterocycles. The van der Waals surface area contributed by atoms with Crippen molar-refractivity contribution in [2.24, 2.45) is 0 Å². The third-order valence-corrected chi connectivity index (χ3v) is 5.52. The van der Waals surface area contributed by atoms with Crippen LogP contribution in [0.5, 0.6) is 5.75 Å². The van der Waals surface area contributed by atoms with Crippen molar-refractivity contribution < 1.29 is 9.53 Å². The Morgan fingerprint density at radius 2 is 1.76 bits per heavy atom. The molecular weight excluding hydrogens is 366 g/mol. The third kappa shape index (κ3) is 4.47. The van der Waals surface area contributed by atoms with E-state index in [2.05, 4.69) is 27.6 Å². The molecule has 4 rings (SSSR count). The molecule has 1 aromatic heterocycles. The molecule has 1 aliphatic rings. The molecule has 1 fully saturated rings. The number of nitrogens with zero attached hydrogens (tertiary/aromatic N) is 1. The van der Waals surface area contributed by atoms with E-state index in [1.54, 1.807) is 24.3 Å². The number of aromatic nitrogens is 2. The monoisotopic (exact) mass is 391 g/mol. The molecule has 0 bridgehead atoms. The van der Waals surface area contributed by atoms with Gasteiger partial charge in [0.05, 0.1) is 11.9 Å². The average Bonchev–Trinajstić information content (AvgIpc) is 2.78. The molecule has 6 heteroatoms. The van der Waals surface area contributed by atoms with Gasteiger partial charge in [-0.25, -0.2) is 5.10 Å². The highest BCUT2D eigenvalue weighted by Crippen LogP contribution is 2.33. The van der Waals surface area contributed by atoms with Gasteiger partial charge in [0.15, 0.2) is 5.69 Å². The van der Waals surface area contributed by atoms with Gasteiger partial charge >= 0.3 is 0 Å². The minimum Gasteiger partial charge on any atom is -0.492 e. The lowest BCUT2D eigenvalue weighted by molar-refractivity contribution is 0.0943. The van der Waals surface area contributed by atoms with Crippen LogP contribution in [0.1, 0.15) is 54.1 Å². The van der Waals surface area contributed by atoms with Crippen molar-refractivity contribution >= 4 is 16.7 Å². The van der Waals surface area contributed by atoms with Crippen LogP contribution in [-0.2, 0) is 0 Å². The highest BCUT2D eigenvalue weighted by Gasteiger charge is 2.15. The van der Waals surface area contributed by atoms with Gasteiger partial charge in [-0.1, -0.05) is 49.6 Å². The predicted octanol–water partition coefficient (Wildman–Crippen LogP) is 3.78. The summed E-state index contributed by atoms with van der Waals surface area (Å²) >= 11 is 0. The Hall–Kier alpha value is -3.15. The predicted molar refractivity (Wildman–Crippen MR) is 112 cm³/mol. The van der Waals surface area contributed by atoms with Gasteiger partial charge in [0.1, 0.15) is 12.4 Å². The summed E-state index contributed by atoms with van der Waals surface area (Å²) in [4.78, 5) is 24.3. The molecule has 1 amide bonds. The zero-order valence-electron chi connectivity index (χ0n) is 16.3. The number of ether oxygens (including phenoxy) is 1. The van der Waals surface area contributed by atoms with E-state index in [1.165, 1.54) is 37.7 Å². The van der Waals surface area contributed by atoms with Crippen LogP contribution in [0.3, 0.4) is 0 Å². The molecular formula is C23H25N3O3. The third-order valence-electron chi connectivity index (χ3n) is 5.52. The fraction of sp³-hybridized carbons (Fsp3) is 0.348.